The number of hydrogen-bond donors (Lipinski definition) is 1. The first-order valence-electron chi connectivity index (χ1n) is 8.87. The molecule has 1 amide bonds. The molecule has 2 aromatic carbocycles. The summed E-state index contributed by atoms with van der Waals surface area (Å²) in [4.78, 5) is 19.6. The number of thiazole rings is 1. The van der Waals surface area contributed by atoms with E-state index in [4.69, 9.17) is 16.6 Å². The van der Waals surface area contributed by atoms with E-state index in [9.17, 15) is 4.79 Å². The smallest absolute Gasteiger partial charge is 0.251 e. The van der Waals surface area contributed by atoms with Crippen molar-refractivity contribution < 1.29 is 4.79 Å². The molecule has 2 heterocycles. The molecule has 4 nitrogen and oxygen atoms in total. The van der Waals surface area contributed by atoms with Gasteiger partial charge in [0.25, 0.3) is 5.91 Å². The van der Waals surface area contributed by atoms with Crippen LogP contribution >= 0.6 is 22.9 Å². The Hall–Kier alpha value is -2.11. The fourth-order valence-corrected chi connectivity index (χ4v) is 4.34. The minimum absolute atomic E-state index is 0.0743. The first kappa shape index (κ1) is 17.3. The van der Waals surface area contributed by atoms with E-state index >= 15 is 0 Å². The Bertz CT molecular complexity index is 916. The van der Waals surface area contributed by atoms with Gasteiger partial charge < -0.3 is 10.2 Å². The highest BCUT2D eigenvalue weighted by Crippen LogP contribution is 2.31. The SMILES string of the molecule is O=C(NCc1ccc(Cl)cc1)c1ccc2nc(N3CCCCC3)sc2c1. The molecule has 1 saturated heterocycles. The van der Waals surface area contributed by atoms with Crippen LogP contribution in [-0.2, 0) is 6.54 Å². The number of anilines is 1. The lowest BCUT2D eigenvalue weighted by molar-refractivity contribution is 0.0951. The zero-order valence-corrected chi connectivity index (χ0v) is 15.9. The highest BCUT2D eigenvalue weighted by Gasteiger charge is 2.16. The predicted octanol–water partition coefficient (Wildman–Crippen LogP) is 4.87. The van der Waals surface area contributed by atoms with Gasteiger partial charge in [-0.15, -0.1) is 0 Å². The second kappa shape index (κ2) is 7.64. The van der Waals surface area contributed by atoms with Gasteiger partial charge in [0.15, 0.2) is 5.13 Å². The van der Waals surface area contributed by atoms with Gasteiger partial charge in [-0.1, -0.05) is 35.1 Å². The monoisotopic (exact) mass is 385 g/mol. The van der Waals surface area contributed by atoms with Crippen LogP contribution < -0.4 is 10.2 Å². The molecule has 1 aliphatic heterocycles. The number of rotatable bonds is 4. The van der Waals surface area contributed by atoms with E-state index < -0.39 is 0 Å². The topological polar surface area (TPSA) is 45.2 Å². The number of nitrogens with zero attached hydrogens (tertiary/aromatic N) is 2. The van der Waals surface area contributed by atoms with Crippen LogP contribution in [0.3, 0.4) is 0 Å². The summed E-state index contributed by atoms with van der Waals surface area (Å²) in [6, 6.07) is 13.2. The minimum Gasteiger partial charge on any atom is -0.348 e. The zero-order chi connectivity index (χ0) is 17.9. The van der Waals surface area contributed by atoms with Crippen LogP contribution in [0.1, 0.15) is 35.2 Å². The second-order valence-electron chi connectivity index (χ2n) is 6.54. The minimum atomic E-state index is -0.0743. The maximum absolute atomic E-state index is 12.5. The molecule has 1 fully saturated rings. The van der Waals surface area contributed by atoms with Crippen molar-refractivity contribution in [2.45, 2.75) is 25.8 Å². The number of halogens is 1. The molecule has 0 spiro atoms. The molecule has 6 heteroatoms. The van der Waals surface area contributed by atoms with Crippen LogP contribution in [0, 0.1) is 0 Å². The Balaban J connectivity index is 1.47. The number of amides is 1. The Labute approximate surface area is 161 Å². The zero-order valence-electron chi connectivity index (χ0n) is 14.4. The van der Waals surface area contributed by atoms with Crippen molar-refractivity contribution in [1.82, 2.24) is 10.3 Å². The number of piperidine rings is 1. The summed E-state index contributed by atoms with van der Waals surface area (Å²) >= 11 is 7.56. The number of carbonyl (C=O) groups is 1. The molecular weight excluding hydrogens is 366 g/mol. The Kier molecular flexibility index (Phi) is 5.09. The molecular formula is C20H20ClN3OS. The molecule has 0 bridgehead atoms. The fraction of sp³-hybridized carbons (Fsp3) is 0.300. The van der Waals surface area contributed by atoms with Crippen molar-refractivity contribution >= 4 is 44.2 Å². The van der Waals surface area contributed by atoms with E-state index in [1.807, 2.05) is 42.5 Å². The van der Waals surface area contributed by atoms with Gasteiger partial charge in [-0.05, 0) is 55.2 Å². The number of benzene rings is 2. The van der Waals surface area contributed by atoms with Gasteiger partial charge in [0.1, 0.15) is 0 Å². The molecule has 0 aliphatic carbocycles. The fourth-order valence-electron chi connectivity index (χ4n) is 3.16. The molecule has 3 aromatic rings. The largest absolute Gasteiger partial charge is 0.348 e. The molecule has 0 unspecified atom stereocenters. The van der Waals surface area contributed by atoms with Crippen molar-refractivity contribution in [3.05, 3.63) is 58.6 Å². The van der Waals surface area contributed by atoms with E-state index in [1.165, 1.54) is 19.3 Å². The van der Waals surface area contributed by atoms with E-state index in [-0.39, 0.29) is 5.91 Å². The lowest BCUT2D eigenvalue weighted by Crippen LogP contribution is -2.29. The summed E-state index contributed by atoms with van der Waals surface area (Å²) in [5.41, 5.74) is 2.65. The van der Waals surface area contributed by atoms with Gasteiger partial charge in [-0.25, -0.2) is 4.98 Å². The van der Waals surface area contributed by atoms with Crippen molar-refractivity contribution in [2.75, 3.05) is 18.0 Å². The third kappa shape index (κ3) is 3.84. The molecule has 0 saturated carbocycles. The Morgan fingerprint density at radius 1 is 1.12 bits per heavy atom. The summed E-state index contributed by atoms with van der Waals surface area (Å²) in [5.74, 6) is -0.0743. The number of carbonyl (C=O) groups excluding carboxylic acids is 1. The molecule has 0 radical (unpaired) electrons. The van der Waals surface area contributed by atoms with E-state index in [2.05, 4.69) is 10.2 Å². The lowest BCUT2D eigenvalue weighted by Gasteiger charge is -2.25. The summed E-state index contributed by atoms with van der Waals surface area (Å²) in [6.07, 6.45) is 3.77. The summed E-state index contributed by atoms with van der Waals surface area (Å²) in [6.45, 7) is 2.64. The standard InChI is InChI=1S/C20H20ClN3OS/c21-16-7-4-14(5-8-16)13-22-19(25)15-6-9-17-18(12-15)26-20(23-17)24-10-2-1-3-11-24/h4-9,12H,1-3,10-11,13H2,(H,22,25). The third-order valence-electron chi connectivity index (χ3n) is 4.63. The van der Waals surface area contributed by atoms with Gasteiger partial charge in [-0.2, -0.15) is 0 Å². The van der Waals surface area contributed by atoms with Crippen LogP contribution in [-0.4, -0.2) is 24.0 Å². The van der Waals surface area contributed by atoms with Crippen molar-refractivity contribution in [3.8, 4) is 0 Å². The normalized spacial score (nSPS) is 14.6. The van der Waals surface area contributed by atoms with Crippen LogP contribution in [0.2, 0.25) is 5.02 Å². The highest BCUT2D eigenvalue weighted by atomic mass is 35.5. The van der Waals surface area contributed by atoms with Gasteiger partial charge in [-0.3, -0.25) is 4.79 Å². The molecule has 4 rings (SSSR count). The highest BCUT2D eigenvalue weighted by molar-refractivity contribution is 7.22. The maximum Gasteiger partial charge on any atom is 0.251 e. The number of hydrogen-bond acceptors (Lipinski definition) is 4. The number of fused-ring (bicyclic) bond motifs is 1. The van der Waals surface area contributed by atoms with E-state index in [0.717, 1.165) is 34.0 Å². The maximum atomic E-state index is 12.5. The molecule has 1 N–H and O–H groups in total. The van der Waals surface area contributed by atoms with Gasteiger partial charge in [0.05, 0.1) is 10.2 Å². The van der Waals surface area contributed by atoms with Crippen LogP contribution in [0.4, 0.5) is 5.13 Å². The van der Waals surface area contributed by atoms with Gasteiger partial charge in [0.2, 0.25) is 0 Å². The van der Waals surface area contributed by atoms with Crippen LogP contribution in [0.25, 0.3) is 10.2 Å². The number of aromatic nitrogens is 1. The van der Waals surface area contributed by atoms with Crippen molar-refractivity contribution in [2.24, 2.45) is 0 Å². The summed E-state index contributed by atoms with van der Waals surface area (Å²) in [7, 11) is 0. The third-order valence-corrected chi connectivity index (χ3v) is 5.96. The van der Waals surface area contributed by atoms with E-state index in [1.54, 1.807) is 11.3 Å². The van der Waals surface area contributed by atoms with Crippen LogP contribution in [0.5, 0.6) is 0 Å². The summed E-state index contributed by atoms with van der Waals surface area (Å²) in [5, 5.41) is 4.72. The van der Waals surface area contributed by atoms with E-state index in [0.29, 0.717) is 17.1 Å². The quantitative estimate of drug-likeness (QED) is 0.696. The first-order valence-corrected chi connectivity index (χ1v) is 10.1. The Morgan fingerprint density at radius 3 is 2.65 bits per heavy atom. The van der Waals surface area contributed by atoms with Crippen LogP contribution in [0.15, 0.2) is 42.5 Å². The second-order valence-corrected chi connectivity index (χ2v) is 7.98. The average Bonchev–Trinajstić information content (AvgIpc) is 3.11. The first-order chi connectivity index (χ1) is 12.7. The molecule has 26 heavy (non-hydrogen) atoms. The van der Waals surface area contributed by atoms with Gasteiger partial charge in [0, 0.05) is 30.2 Å². The molecule has 1 aromatic heterocycles. The molecule has 134 valence electrons. The molecule has 0 atom stereocenters. The van der Waals surface area contributed by atoms with Crippen molar-refractivity contribution in [1.29, 1.82) is 0 Å². The summed E-state index contributed by atoms with van der Waals surface area (Å²) < 4.78 is 1.06. The van der Waals surface area contributed by atoms with Crippen molar-refractivity contribution in [3.63, 3.8) is 0 Å². The van der Waals surface area contributed by atoms with Gasteiger partial charge >= 0.3 is 0 Å². The number of nitrogens with one attached hydrogen (secondary N) is 1. The lowest BCUT2D eigenvalue weighted by atomic mass is 10.1. The molecule has 1 aliphatic rings. The predicted molar refractivity (Wildman–Crippen MR) is 108 cm³/mol. The average molecular weight is 386 g/mol. The Morgan fingerprint density at radius 2 is 1.88 bits per heavy atom.